The average Bonchev–Trinajstić information content (AvgIpc) is 3.09. The van der Waals surface area contributed by atoms with Gasteiger partial charge in [0.15, 0.2) is 0 Å². The first-order valence-corrected chi connectivity index (χ1v) is 8.73. The zero-order valence-electron chi connectivity index (χ0n) is 11.8. The van der Waals surface area contributed by atoms with Gasteiger partial charge < -0.3 is 4.74 Å². The van der Waals surface area contributed by atoms with E-state index in [0.29, 0.717) is 19.6 Å². The fourth-order valence-electron chi connectivity index (χ4n) is 2.78. The number of nitrogens with zero attached hydrogens (tertiary/aromatic N) is 4. The van der Waals surface area contributed by atoms with Gasteiger partial charge >= 0.3 is 0 Å². The molecule has 1 aliphatic heterocycles. The fraction of sp³-hybridized carbons (Fsp3) is 0.833. The number of hydrogen-bond donors (Lipinski definition) is 0. The molecular formula is C12H20N4O3S. The minimum atomic E-state index is -3.27. The van der Waals surface area contributed by atoms with Crippen molar-refractivity contribution < 1.29 is 13.2 Å². The molecule has 0 spiro atoms. The average molecular weight is 300 g/mol. The van der Waals surface area contributed by atoms with Gasteiger partial charge in [-0.05, 0) is 18.8 Å². The molecule has 0 bridgehead atoms. The Kier molecular flexibility index (Phi) is 3.55. The predicted octanol–water partition coefficient (Wildman–Crippen LogP) is 0.193. The van der Waals surface area contributed by atoms with Crippen LogP contribution in [0.1, 0.15) is 30.3 Å². The van der Waals surface area contributed by atoms with Crippen LogP contribution in [0.2, 0.25) is 0 Å². The molecule has 1 atom stereocenters. The van der Waals surface area contributed by atoms with Gasteiger partial charge in [-0.3, -0.25) is 0 Å². The van der Waals surface area contributed by atoms with E-state index in [2.05, 4.69) is 10.3 Å². The molecule has 1 aromatic heterocycles. The molecule has 112 valence electrons. The van der Waals surface area contributed by atoms with Gasteiger partial charge in [-0.15, -0.1) is 5.10 Å². The van der Waals surface area contributed by atoms with E-state index in [1.807, 2.05) is 4.68 Å². The monoisotopic (exact) mass is 300 g/mol. The lowest BCUT2D eigenvalue weighted by molar-refractivity contribution is 0.126. The third kappa shape index (κ3) is 2.59. The Morgan fingerprint density at radius 2 is 2.15 bits per heavy atom. The van der Waals surface area contributed by atoms with E-state index in [1.54, 1.807) is 7.11 Å². The molecule has 2 heterocycles. The van der Waals surface area contributed by atoms with E-state index in [1.165, 1.54) is 23.4 Å². The number of aromatic nitrogens is 3. The van der Waals surface area contributed by atoms with Crippen LogP contribution in [0, 0.1) is 5.92 Å². The summed E-state index contributed by atoms with van der Waals surface area (Å²) in [6, 6.07) is -0.355. The van der Waals surface area contributed by atoms with Gasteiger partial charge in [-0.1, -0.05) is 5.21 Å². The van der Waals surface area contributed by atoms with Crippen molar-refractivity contribution in [3.8, 4) is 0 Å². The highest BCUT2D eigenvalue weighted by atomic mass is 32.2. The summed E-state index contributed by atoms with van der Waals surface area (Å²) in [5.74, 6) is 0.717. The molecule has 1 fully saturated rings. The summed E-state index contributed by atoms with van der Waals surface area (Å²) in [5, 5.41) is 8.44. The minimum absolute atomic E-state index is 0.308. The summed E-state index contributed by atoms with van der Waals surface area (Å²) in [5.41, 5.74) is 1.82. The van der Waals surface area contributed by atoms with Crippen LogP contribution in [0.5, 0.6) is 0 Å². The van der Waals surface area contributed by atoms with Gasteiger partial charge in [0, 0.05) is 26.6 Å². The quantitative estimate of drug-likeness (QED) is 0.776. The molecule has 2 aliphatic rings. The van der Waals surface area contributed by atoms with Crippen molar-refractivity contribution in [2.24, 2.45) is 5.92 Å². The standard InChI is InChI=1S/C12H20N4O3S/c1-19-8-11-12-10(5-6-16(11)20(2,17)18)15(14-13-12)7-9-3-4-9/h9,11H,3-8H2,1-2H3. The Balaban J connectivity index is 1.92. The van der Waals surface area contributed by atoms with Crippen molar-refractivity contribution in [3.63, 3.8) is 0 Å². The smallest absolute Gasteiger partial charge is 0.211 e. The molecule has 7 nitrogen and oxygen atoms in total. The molecule has 3 rings (SSSR count). The fourth-order valence-corrected chi connectivity index (χ4v) is 3.83. The molecular weight excluding hydrogens is 280 g/mol. The van der Waals surface area contributed by atoms with E-state index in [0.717, 1.165) is 23.9 Å². The van der Waals surface area contributed by atoms with Gasteiger partial charge in [0.2, 0.25) is 10.0 Å². The Bertz CT molecular complexity index is 594. The SMILES string of the molecule is COCC1c2nnn(CC3CC3)c2CCN1S(C)(=O)=O. The van der Waals surface area contributed by atoms with Crippen molar-refractivity contribution in [2.45, 2.75) is 31.8 Å². The summed E-state index contributed by atoms with van der Waals surface area (Å²) < 4.78 is 32.4. The Morgan fingerprint density at radius 1 is 1.40 bits per heavy atom. The maximum atomic E-state index is 11.9. The molecule has 0 saturated heterocycles. The largest absolute Gasteiger partial charge is 0.383 e. The van der Waals surface area contributed by atoms with Crippen molar-refractivity contribution in [3.05, 3.63) is 11.4 Å². The van der Waals surface area contributed by atoms with E-state index >= 15 is 0 Å². The molecule has 0 radical (unpaired) electrons. The molecule has 1 aliphatic carbocycles. The lowest BCUT2D eigenvalue weighted by atomic mass is 10.1. The maximum absolute atomic E-state index is 11.9. The van der Waals surface area contributed by atoms with Gasteiger partial charge in [-0.2, -0.15) is 4.31 Å². The lowest BCUT2D eigenvalue weighted by Crippen LogP contribution is -2.41. The summed E-state index contributed by atoms with van der Waals surface area (Å²) >= 11 is 0. The van der Waals surface area contributed by atoms with E-state index < -0.39 is 10.0 Å². The first-order chi connectivity index (χ1) is 9.50. The number of sulfonamides is 1. The molecule has 1 unspecified atom stereocenters. The van der Waals surface area contributed by atoms with Crippen LogP contribution in [0.25, 0.3) is 0 Å². The number of ether oxygens (including phenoxy) is 1. The van der Waals surface area contributed by atoms with Crippen molar-refractivity contribution in [2.75, 3.05) is 26.5 Å². The summed E-state index contributed by atoms with van der Waals surface area (Å²) in [6.07, 6.45) is 4.41. The molecule has 0 N–H and O–H groups in total. The van der Waals surface area contributed by atoms with Gasteiger partial charge in [0.25, 0.3) is 0 Å². The van der Waals surface area contributed by atoms with E-state index in [-0.39, 0.29) is 6.04 Å². The summed E-state index contributed by atoms with van der Waals surface area (Å²) in [7, 11) is -1.69. The molecule has 0 amide bonds. The normalized spacial score (nSPS) is 23.8. The summed E-state index contributed by atoms with van der Waals surface area (Å²) in [6.45, 7) is 1.68. The second kappa shape index (κ2) is 5.09. The van der Waals surface area contributed by atoms with Crippen LogP contribution in [0.3, 0.4) is 0 Å². The predicted molar refractivity (Wildman–Crippen MR) is 72.6 cm³/mol. The van der Waals surface area contributed by atoms with Gasteiger partial charge in [0.1, 0.15) is 5.69 Å². The Labute approximate surface area is 118 Å². The molecule has 8 heteroatoms. The van der Waals surface area contributed by atoms with E-state index in [9.17, 15) is 8.42 Å². The topological polar surface area (TPSA) is 77.3 Å². The van der Waals surface area contributed by atoms with Crippen LogP contribution in [0.15, 0.2) is 0 Å². The van der Waals surface area contributed by atoms with Crippen LogP contribution < -0.4 is 0 Å². The summed E-state index contributed by atoms with van der Waals surface area (Å²) in [4.78, 5) is 0. The highest BCUT2D eigenvalue weighted by molar-refractivity contribution is 7.88. The zero-order valence-corrected chi connectivity index (χ0v) is 12.6. The number of fused-ring (bicyclic) bond motifs is 1. The third-order valence-electron chi connectivity index (χ3n) is 3.98. The van der Waals surface area contributed by atoms with Crippen molar-refractivity contribution in [1.82, 2.24) is 19.3 Å². The second-order valence-corrected chi connectivity index (χ2v) is 7.58. The highest BCUT2D eigenvalue weighted by Crippen LogP contribution is 2.34. The highest BCUT2D eigenvalue weighted by Gasteiger charge is 2.37. The zero-order chi connectivity index (χ0) is 14.3. The molecule has 1 aromatic rings. The Morgan fingerprint density at radius 3 is 2.75 bits per heavy atom. The first-order valence-electron chi connectivity index (χ1n) is 6.88. The van der Waals surface area contributed by atoms with Crippen LogP contribution in [-0.4, -0.2) is 54.2 Å². The van der Waals surface area contributed by atoms with Crippen LogP contribution in [0.4, 0.5) is 0 Å². The number of hydrogen-bond acceptors (Lipinski definition) is 5. The minimum Gasteiger partial charge on any atom is -0.383 e. The number of methoxy groups -OCH3 is 1. The third-order valence-corrected chi connectivity index (χ3v) is 5.27. The van der Waals surface area contributed by atoms with Crippen molar-refractivity contribution in [1.29, 1.82) is 0 Å². The molecule has 0 aromatic carbocycles. The maximum Gasteiger partial charge on any atom is 0.211 e. The Hall–Kier alpha value is -0.990. The van der Waals surface area contributed by atoms with Crippen LogP contribution >= 0.6 is 0 Å². The molecule has 1 saturated carbocycles. The van der Waals surface area contributed by atoms with Crippen LogP contribution in [-0.2, 0) is 27.7 Å². The molecule has 20 heavy (non-hydrogen) atoms. The lowest BCUT2D eigenvalue weighted by Gasteiger charge is -2.32. The second-order valence-electron chi connectivity index (χ2n) is 5.64. The first kappa shape index (κ1) is 14.0. The van der Waals surface area contributed by atoms with Gasteiger partial charge in [0.05, 0.1) is 24.6 Å². The van der Waals surface area contributed by atoms with E-state index in [4.69, 9.17) is 4.74 Å². The number of rotatable bonds is 5. The van der Waals surface area contributed by atoms with Crippen molar-refractivity contribution >= 4 is 10.0 Å². The van der Waals surface area contributed by atoms with Gasteiger partial charge in [-0.25, -0.2) is 13.1 Å².